The van der Waals surface area contributed by atoms with Crippen LogP contribution in [0.25, 0.3) is 10.9 Å². The molecule has 2 heterocycles. The van der Waals surface area contributed by atoms with Gasteiger partial charge in [0.2, 0.25) is 11.8 Å². The minimum absolute atomic E-state index is 0.0913. The van der Waals surface area contributed by atoms with Gasteiger partial charge in [0, 0.05) is 23.5 Å². The van der Waals surface area contributed by atoms with Crippen molar-refractivity contribution in [2.75, 3.05) is 5.01 Å². The zero-order valence-corrected chi connectivity index (χ0v) is 13.5. The number of nitrogens with zero attached hydrogens (tertiary/aromatic N) is 1. The van der Waals surface area contributed by atoms with Crippen molar-refractivity contribution in [2.45, 2.75) is 18.9 Å². The topological polar surface area (TPSA) is 91.2 Å². The van der Waals surface area contributed by atoms with E-state index in [4.69, 9.17) is 5.73 Å². The Morgan fingerprint density at radius 3 is 2.80 bits per heavy atom. The lowest BCUT2D eigenvalue weighted by Crippen LogP contribution is -2.53. The summed E-state index contributed by atoms with van der Waals surface area (Å²) in [6.07, 6.45) is 2.59. The van der Waals surface area contributed by atoms with Crippen molar-refractivity contribution in [3.05, 3.63) is 65.9 Å². The van der Waals surface area contributed by atoms with E-state index >= 15 is 0 Å². The van der Waals surface area contributed by atoms with Crippen LogP contribution >= 0.6 is 0 Å². The Kier molecular flexibility index (Phi) is 3.74. The average molecular weight is 334 g/mol. The lowest BCUT2D eigenvalue weighted by molar-refractivity contribution is -0.121. The summed E-state index contributed by atoms with van der Waals surface area (Å²) in [4.78, 5) is 27.5. The summed E-state index contributed by atoms with van der Waals surface area (Å²) >= 11 is 0. The van der Waals surface area contributed by atoms with Gasteiger partial charge in [0.25, 0.3) is 0 Å². The Balaban J connectivity index is 1.60. The second kappa shape index (κ2) is 6.07. The van der Waals surface area contributed by atoms with Crippen LogP contribution in [0.15, 0.2) is 54.7 Å². The highest BCUT2D eigenvalue weighted by Gasteiger charge is 2.30. The minimum Gasteiger partial charge on any atom is -0.368 e. The summed E-state index contributed by atoms with van der Waals surface area (Å²) in [5, 5.41) is 2.49. The third kappa shape index (κ3) is 2.77. The SMILES string of the molecule is NC(=O)[C@H](Cc1c[nH]c2ccccc12)NN1C(=O)Cc2ccccc21. The van der Waals surface area contributed by atoms with Gasteiger partial charge in [-0.25, -0.2) is 10.4 Å². The van der Waals surface area contributed by atoms with Crippen LogP contribution in [-0.4, -0.2) is 22.8 Å². The monoisotopic (exact) mass is 334 g/mol. The molecule has 25 heavy (non-hydrogen) atoms. The molecule has 3 aromatic rings. The standard InChI is InChI=1S/C19H18N4O2/c20-19(25)16(9-13-11-21-15-7-3-2-6-14(13)15)22-23-17-8-4-1-5-12(17)10-18(23)24/h1-8,11,16,21-22H,9-10H2,(H2,20,25)/t16-/m0/s1. The van der Waals surface area contributed by atoms with Crippen LogP contribution < -0.4 is 16.2 Å². The minimum atomic E-state index is -0.686. The summed E-state index contributed by atoms with van der Waals surface area (Å²) in [7, 11) is 0. The number of para-hydroxylation sites is 2. The number of aromatic amines is 1. The van der Waals surface area contributed by atoms with Gasteiger partial charge in [-0.05, 0) is 23.3 Å². The number of hydrazine groups is 1. The van der Waals surface area contributed by atoms with E-state index in [1.54, 1.807) is 0 Å². The highest BCUT2D eigenvalue weighted by atomic mass is 16.2. The van der Waals surface area contributed by atoms with E-state index in [2.05, 4.69) is 10.4 Å². The average Bonchev–Trinajstić information content (AvgIpc) is 3.15. The van der Waals surface area contributed by atoms with E-state index in [0.717, 1.165) is 27.7 Å². The molecule has 1 atom stereocenters. The molecular formula is C19H18N4O2. The fraction of sp³-hybridized carbons (Fsp3) is 0.158. The molecule has 0 fully saturated rings. The van der Waals surface area contributed by atoms with Crippen LogP contribution in [0.4, 0.5) is 5.69 Å². The number of primary amides is 1. The first-order valence-corrected chi connectivity index (χ1v) is 8.15. The fourth-order valence-corrected chi connectivity index (χ4v) is 3.28. The molecule has 1 aromatic heterocycles. The van der Waals surface area contributed by atoms with Crippen LogP contribution in [0.5, 0.6) is 0 Å². The first kappa shape index (κ1) is 15.4. The van der Waals surface area contributed by atoms with E-state index in [1.165, 1.54) is 5.01 Å². The van der Waals surface area contributed by atoms with E-state index in [-0.39, 0.29) is 5.91 Å². The third-order valence-electron chi connectivity index (χ3n) is 4.55. The number of anilines is 1. The van der Waals surface area contributed by atoms with Crippen molar-refractivity contribution >= 4 is 28.4 Å². The maximum atomic E-state index is 12.3. The molecule has 0 spiro atoms. The van der Waals surface area contributed by atoms with Crippen LogP contribution in [0, 0.1) is 0 Å². The van der Waals surface area contributed by atoms with Crippen molar-refractivity contribution in [2.24, 2.45) is 5.73 Å². The first-order valence-electron chi connectivity index (χ1n) is 8.15. The third-order valence-corrected chi connectivity index (χ3v) is 4.55. The van der Waals surface area contributed by atoms with E-state index < -0.39 is 11.9 Å². The molecule has 126 valence electrons. The summed E-state index contributed by atoms with van der Waals surface area (Å²) in [6, 6.07) is 14.7. The second-order valence-corrected chi connectivity index (χ2v) is 6.18. The highest BCUT2D eigenvalue weighted by Crippen LogP contribution is 2.27. The lowest BCUT2D eigenvalue weighted by atomic mass is 10.1. The Morgan fingerprint density at radius 2 is 1.96 bits per heavy atom. The number of hydrogen-bond acceptors (Lipinski definition) is 3. The van der Waals surface area contributed by atoms with Gasteiger partial charge in [-0.1, -0.05) is 36.4 Å². The zero-order chi connectivity index (χ0) is 17.4. The molecule has 0 saturated carbocycles. The molecule has 2 aromatic carbocycles. The Hall–Kier alpha value is -3.12. The van der Waals surface area contributed by atoms with Gasteiger partial charge in [0.1, 0.15) is 6.04 Å². The van der Waals surface area contributed by atoms with Gasteiger partial charge >= 0.3 is 0 Å². The summed E-state index contributed by atoms with van der Waals surface area (Å²) < 4.78 is 0. The molecule has 6 heteroatoms. The number of nitrogens with one attached hydrogen (secondary N) is 2. The molecule has 0 bridgehead atoms. The van der Waals surface area contributed by atoms with Crippen LogP contribution in [0.2, 0.25) is 0 Å². The Morgan fingerprint density at radius 1 is 1.20 bits per heavy atom. The quantitative estimate of drug-likeness (QED) is 0.663. The molecule has 0 radical (unpaired) electrons. The zero-order valence-electron chi connectivity index (χ0n) is 13.5. The maximum Gasteiger partial charge on any atom is 0.245 e. The number of hydrogen-bond donors (Lipinski definition) is 3. The molecule has 1 aliphatic heterocycles. The van der Waals surface area contributed by atoms with Crippen LogP contribution in [-0.2, 0) is 22.4 Å². The van der Waals surface area contributed by atoms with Crippen molar-refractivity contribution in [1.29, 1.82) is 0 Å². The maximum absolute atomic E-state index is 12.3. The number of nitrogens with two attached hydrogens (primary N) is 1. The largest absolute Gasteiger partial charge is 0.368 e. The van der Waals surface area contributed by atoms with Crippen molar-refractivity contribution in [1.82, 2.24) is 10.4 Å². The molecule has 0 unspecified atom stereocenters. The Labute approximate surface area is 144 Å². The van der Waals surface area contributed by atoms with Crippen molar-refractivity contribution in [3.8, 4) is 0 Å². The molecule has 4 rings (SSSR count). The number of carbonyl (C=O) groups is 2. The Bertz CT molecular complexity index is 963. The molecule has 4 N–H and O–H groups in total. The number of fused-ring (bicyclic) bond motifs is 2. The number of rotatable bonds is 5. The lowest BCUT2D eigenvalue weighted by Gasteiger charge is -2.24. The smallest absolute Gasteiger partial charge is 0.245 e. The van der Waals surface area contributed by atoms with Crippen LogP contribution in [0.3, 0.4) is 0 Å². The number of aromatic nitrogens is 1. The number of benzene rings is 2. The highest BCUT2D eigenvalue weighted by molar-refractivity contribution is 6.01. The predicted octanol–water partition coefficient (Wildman–Crippen LogP) is 1.66. The summed E-state index contributed by atoms with van der Waals surface area (Å²) in [6.45, 7) is 0. The van der Waals surface area contributed by atoms with Gasteiger partial charge in [-0.3, -0.25) is 9.59 Å². The molecule has 0 aliphatic carbocycles. The van der Waals surface area contributed by atoms with E-state index in [0.29, 0.717) is 12.8 Å². The van der Waals surface area contributed by atoms with Gasteiger partial charge in [0.05, 0.1) is 12.1 Å². The number of carbonyl (C=O) groups excluding carboxylic acids is 2. The van der Waals surface area contributed by atoms with Gasteiger partial charge in [-0.2, -0.15) is 0 Å². The molecule has 6 nitrogen and oxygen atoms in total. The normalized spacial score (nSPS) is 14.7. The molecule has 2 amide bonds. The first-order chi connectivity index (χ1) is 12.1. The van der Waals surface area contributed by atoms with Crippen molar-refractivity contribution in [3.63, 3.8) is 0 Å². The number of amides is 2. The molecular weight excluding hydrogens is 316 g/mol. The van der Waals surface area contributed by atoms with Gasteiger partial charge < -0.3 is 10.7 Å². The van der Waals surface area contributed by atoms with E-state index in [9.17, 15) is 9.59 Å². The number of H-pyrrole nitrogens is 1. The molecule has 1 aliphatic rings. The summed E-state index contributed by atoms with van der Waals surface area (Å²) in [5.41, 5.74) is 12.3. The second-order valence-electron chi connectivity index (χ2n) is 6.18. The van der Waals surface area contributed by atoms with Crippen molar-refractivity contribution < 1.29 is 9.59 Å². The predicted molar refractivity (Wildman–Crippen MR) is 95.8 cm³/mol. The van der Waals surface area contributed by atoms with E-state index in [1.807, 2.05) is 54.7 Å². The van der Waals surface area contributed by atoms with Gasteiger partial charge in [0.15, 0.2) is 0 Å². The van der Waals surface area contributed by atoms with Crippen LogP contribution in [0.1, 0.15) is 11.1 Å². The fourth-order valence-electron chi connectivity index (χ4n) is 3.28. The molecule has 0 saturated heterocycles. The van der Waals surface area contributed by atoms with Gasteiger partial charge in [-0.15, -0.1) is 0 Å². The summed E-state index contributed by atoms with van der Waals surface area (Å²) in [5.74, 6) is -0.589.